The summed E-state index contributed by atoms with van der Waals surface area (Å²) in [5, 5.41) is 0.433. The van der Waals surface area contributed by atoms with Crippen molar-refractivity contribution in [3.63, 3.8) is 0 Å². The Labute approximate surface area is 158 Å². The first-order chi connectivity index (χ1) is 12.1. The third-order valence-corrected chi connectivity index (χ3v) is 6.11. The van der Waals surface area contributed by atoms with Crippen LogP contribution in [0, 0.1) is 12.8 Å². The van der Waals surface area contributed by atoms with E-state index in [9.17, 15) is 18.0 Å². The molecule has 144 valence electrons. The molecule has 0 bridgehead atoms. The van der Waals surface area contributed by atoms with E-state index < -0.39 is 10.0 Å². The first-order valence-electron chi connectivity index (χ1n) is 8.23. The minimum Gasteiger partial charge on any atom is -0.469 e. The number of sulfonamides is 1. The Bertz CT molecular complexity index is 788. The van der Waals surface area contributed by atoms with Gasteiger partial charge in [-0.05, 0) is 37.5 Å². The van der Waals surface area contributed by atoms with Crippen LogP contribution in [0.2, 0.25) is 5.02 Å². The minimum absolute atomic E-state index is 0.217. The summed E-state index contributed by atoms with van der Waals surface area (Å²) in [6.07, 6.45) is 2.07. The second-order valence-electron chi connectivity index (χ2n) is 6.33. The highest BCUT2D eigenvalue weighted by Gasteiger charge is 2.30. The van der Waals surface area contributed by atoms with Crippen LogP contribution >= 0.6 is 11.6 Å². The molecular formula is C17H23ClN2O5S. The molecule has 2 rings (SSSR count). The van der Waals surface area contributed by atoms with Crippen LogP contribution in [0.5, 0.6) is 0 Å². The number of amides is 1. The van der Waals surface area contributed by atoms with Crippen molar-refractivity contribution in [2.45, 2.75) is 19.8 Å². The molecule has 0 atom stereocenters. The van der Waals surface area contributed by atoms with Gasteiger partial charge in [0.2, 0.25) is 15.9 Å². The number of anilines is 1. The largest absolute Gasteiger partial charge is 0.469 e. The van der Waals surface area contributed by atoms with Crippen LogP contribution in [0.4, 0.5) is 5.69 Å². The van der Waals surface area contributed by atoms with Crippen LogP contribution in [0.1, 0.15) is 18.4 Å². The molecule has 0 saturated carbocycles. The van der Waals surface area contributed by atoms with Crippen LogP contribution in [-0.2, 0) is 24.3 Å². The molecule has 0 aliphatic carbocycles. The van der Waals surface area contributed by atoms with Crippen molar-refractivity contribution in [2.75, 3.05) is 37.3 Å². The minimum atomic E-state index is -3.67. The Balaban J connectivity index is 2.14. The predicted molar refractivity (Wildman–Crippen MR) is 99.7 cm³/mol. The number of hydrogen-bond acceptors (Lipinski definition) is 5. The summed E-state index contributed by atoms with van der Waals surface area (Å²) in [5.74, 6) is -0.798. The first kappa shape index (κ1) is 20.5. The van der Waals surface area contributed by atoms with E-state index in [2.05, 4.69) is 0 Å². The molecule has 7 nitrogen and oxygen atoms in total. The summed E-state index contributed by atoms with van der Waals surface area (Å²) >= 11 is 6.09. The fourth-order valence-electron chi connectivity index (χ4n) is 3.00. The van der Waals surface area contributed by atoms with Gasteiger partial charge in [-0.15, -0.1) is 0 Å². The molecule has 9 heteroatoms. The number of methoxy groups -OCH3 is 1. The normalized spacial score (nSPS) is 15.6. The predicted octanol–water partition coefficient (Wildman–Crippen LogP) is 1.83. The number of nitrogens with zero attached hydrogens (tertiary/aromatic N) is 2. The second-order valence-corrected chi connectivity index (χ2v) is 8.65. The topological polar surface area (TPSA) is 84.0 Å². The maximum Gasteiger partial charge on any atom is 0.308 e. The molecule has 0 spiro atoms. The molecule has 0 aromatic heterocycles. The standard InChI is InChI=1S/C17H23ClN2O5S/c1-12-14(18)5-4-6-15(12)20(26(3,23)24)11-16(21)19-9-7-13(8-10-19)17(22)25-2/h4-6,13H,7-11H2,1-3H3. The number of likely N-dealkylation sites (tertiary alicyclic amines) is 1. The molecule has 1 heterocycles. The molecular weight excluding hydrogens is 380 g/mol. The quantitative estimate of drug-likeness (QED) is 0.701. The zero-order chi connectivity index (χ0) is 19.5. The Hall–Kier alpha value is -1.80. The van der Waals surface area contributed by atoms with Gasteiger partial charge in [-0.3, -0.25) is 13.9 Å². The average molecular weight is 403 g/mol. The number of carbonyl (C=O) groups excluding carboxylic acids is 2. The molecule has 0 radical (unpaired) electrons. The summed E-state index contributed by atoms with van der Waals surface area (Å²) in [6, 6.07) is 4.94. The molecule has 0 N–H and O–H groups in total. The Morgan fingerprint density at radius 1 is 1.31 bits per heavy atom. The van der Waals surface area contributed by atoms with Crippen molar-refractivity contribution < 1.29 is 22.7 Å². The summed E-state index contributed by atoms with van der Waals surface area (Å²) in [7, 11) is -2.32. The van der Waals surface area contributed by atoms with Crippen LogP contribution in [0.15, 0.2) is 18.2 Å². The van der Waals surface area contributed by atoms with Gasteiger partial charge in [-0.1, -0.05) is 17.7 Å². The van der Waals surface area contributed by atoms with Gasteiger partial charge >= 0.3 is 5.97 Å². The number of hydrogen-bond donors (Lipinski definition) is 0. The molecule has 1 aliphatic rings. The number of ether oxygens (including phenoxy) is 1. The Morgan fingerprint density at radius 3 is 2.46 bits per heavy atom. The van der Waals surface area contributed by atoms with Crippen LogP contribution < -0.4 is 4.31 Å². The van der Waals surface area contributed by atoms with Crippen molar-refractivity contribution in [2.24, 2.45) is 5.92 Å². The SMILES string of the molecule is COC(=O)C1CCN(C(=O)CN(c2cccc(Cl)c2C)S(C)(=O)=O)CC1. The highest BCUT2D eigenvalue weighted by Crippen LogP contribution is 2.28. The maximum absolute atomic E-state index is 12.6. The fraction of sp³-hybridized carbons (Fsp3) is 0.529. The monoisotopic (exact) mass is 402 g/mol. The number of carbonyl (C=O) groups is 2. The molecule has 1 aromatic carbocycles. The van der Waals surface area contributed by atoms with Gasteiger partial charge in [0, 0.05) is 18.1 Å². The lowest BCUT2D eigenvalue weighted by Crippen LogP contribution is -2.46. The zero-order valence-corrected chi connectivity index (χ0v) is 16.6. The number of piperidine rings is 1. The zero-order valence-electron chi connectivity index (χ0n) is 15.1. The van der Waals surface area contributed by atoms with Gasteiger partial charge in [-0.25, -0.2) is 8.42 Å². The van der Waals surface area contributed by atoms with Crippen molar-refractivity contribution in [1.29, 1.82) is 0 Å². The first-order valence-corrected chi connectivity index (χ1v) is 10.5. The lowest BCUT2D eigenvalue weighted by molar-refractivity contribution is -0.148. The summed E-state index contributed by atoms with van der Waals surface area (Å²) in [6.45, 7) is 2.19. The number of benzene rings is 1. The molecule has 1 fully saturated rings. The third kappa shape index (κ3) is 4.67. The van der Waals surface area contributed by atoms with E-state index in [4.69, 9.17) is 16.3 Å². The number of esters is 1. The molecule has 1 aliphatic heterocycles. The van der Waals surface area contributed by atoms with Crippen molar-refractivity contribution >= 4 is 39.2 Å². The lowest BCUT2D eigenvalue weighted by atomic mass is 9.97. The van der Waals surface area contributed by atoms with Gasteiger partial charge in [0.25, 0.3) is 0 Å². The fourth-order valence-corrected chi connectivity index (χ4v) is 4.07. The van der Waals surface area contributed by atoms with Crippen molar-refractivity contribution in [3.05, 3.63) is 28.8 Å². The molecule has 0 unspecified atom stereocenters. The molecule has 1 amide bonds. The summed E-state index contributed by atoms with van der Waals surface area (Å²) in [5.41, 5.74) is 0.981. The van der Waals surface area contributed by atoms with E-state index >= 15 is 0 Å². The molecule has 1 aromatic rings. The van der Waals surface area contributed by atoms with E-state index in [-0.39, 0.29) is 24.3 Å². The number of rotatable bonds is 5. The van der Waals surface area contributed by atoms with E-state index in [1.54, 1.807) is 30.0 Å². The highest BCUT2D eigenvalue weighted by atomic mass is 35.5. The Morgan fingerprint density at radius 2 is 1.92 bits per heavy atom. The molecule has 26 heavy (non-hydrogen) atoms. The van der Waals surface area contributed by atoms with Gasteiger partial charge < -0.3 is 9.64 Å². The van der Waals surface area contributed by atoms with Crippen molar-refractivity contribution in [1.82, 2.24) is 4.90 Å². The lowest BCUT2D eigenvalue weighted by Gasteiger charge is -2.33. The van der Waals surface area contributed by atoms with E-state index in [0.29, 0.717) is 42.2 Å². The molecule has 1 saturated heterocycles. The summed E-state index contributed by atoms with van der Waals surface area (Å²) in [4.78, 5) is 25.8. The van der Waals surface area contributed by atoms with Crippen LogP contribution in [0.3, 0.4) is 0 Å². The van der Waals surface area contributed by atoms with Gasteiger partial charge in [0.1, 0.15) is 6.54 Å². The van der Waals surface area contributed by atoms with Crippen molar-refractivity contribution in [3.8, 4) is 0 Å². The number of halogens is 1. The van der Waals surface area contributed by atoms with Crippen LogP contribution in [-0.4, -0.2) is 58.2 Å². The van der Waals surface area contributed by atoms with Gasteiger partial charge in [0.15, 0.2) is 0 Å². The average Bonchev–Trinajstić information content (AvgIpc) is 2.60. The van der Waals surface area contributed by atoms with Crippen LogP contribution in [0.25, 0.3) is 0 Å². The Kier molecular flexibility index (Phi) is 6.52. The highest BCUT2D eigenvalue weighted by molar-refractivity contribution is 7.92. The smallest absolute Gasteiger partial charge is 0.308 e. The van der Waals surface area contributed by atoms with Gasteiger partial charge in [0.05, 0.1) is 25.0 Å². The van der Waals surface area contributed by atoms with E-state index in [1.165, 1.54) is 7.11 Å². The van der Waals surface area contributed by atoms with E-state index in [0.717, 1.165) is 10.6 Å². The summed E-state index contributed by atoms with van der Waals surface area (Å²) < 4.78 is 30.3. The van der Waals surface area contributed by atoms with E-state index in [1.807, 2.05) is 0 Å². The maximum atomic E-state index is 12.6. The second kappa shape index (κ2) is 8.26. The van der Waals surface area contributed by atoms with Gasteiger partial charge in [-0.2, -0.15) is 0 Å². The third-order valence-electron chi connectivity index (χ3n) is 4.57.